The second kappa shape index (κ2) is 12.0. The minimum atomic E-state index is 0.839. The van der Waals surface area contributed by atoms with Gasteiger partial charge in [-0.2, -0.15) is 0 Å². The van der Waals surface area contributed by atoms with Gasteiger partial charge in [-0.15, -0.1) is 23.5 Å². The summed E-state index contributed by atoms with van der Waals surface area (Å²) in [6.07, 6.45) is 12.5. The van der Waals surface area contributed by atoms with Gasteiger partial charge in [0, 0.05) is 0 Å². The fourth-order valence-corrected chi connectivity index (χ4v) is 10.3. The number of hydrogen-bond acceptors (Lipinski definition) is 4. The van der Waals surface area contributed by atoms with Gasteiger partial charge in [0.15, 0.2) is 0 Å². The van der Waals surface area contributed by atoms with Crippen molar-refractivity contribution in [1.29, 1.82) is 0 Å². The van der Waals surface area contributed by atoms with E-state index >= 15 is 0 Å². The molecule has 1 fully saturated rings. The van der Waals surface area contributed by atoms with Crippen molar-refractivity contribution in [2.24, 2.45) is 0 Å². The molecule has 114 valence electrons. The minimum absolute atomic E-state index is 0.839. The second-order valence-electron chi connectivity index (χ2n) is 5.18. The van der Waals surface area contributed by atoms with Crippen LogP contribution in [0.5, 0.6) is 0 Å². The SMILES string of the molecule is CCCCC1SSC(CCCC)SC(CCCC)S1. The lowest BCUT2D eigenvalue weighted by Crippen LogP contribution is -2.05. The fraction of sp³-hybridized carbons (Fsp3) is 1.00. The summed E-state index contributed by atoms with van der Waals surface area (Å²) in [4.78, 5) is 0. The molecule has 0 bridgehead atoms. The molecule has 0 nitrogen and oxygen atoms in total. The highest BCUT2D eigenvalue weighted by molar-refractivity contribution is 8.80. The Morgan fingerprint density at radius 3 is 1.32 bits per heavy atom. The lowest BCUT2D eigenvalue weighted by molar-refractivity contribution is 0.746. The molecule has 0 aromatic heterocycles. The Kier molecular flexibility index (Phi) is 11.6. The largest absolute Gasteiger partial charge is 0.132 e. The summed E-state index contributed by atoms with van der Waals surface area (Å²) < 4.78 is 2.53. The second-order valence-corrected chi connectivity index (χ2v) is 11.6. The first-order valence-corrected chi connectivity index (χ1v) is 12.1. The first kappa shape index (κ1) is 18.4. The molecule has 1 aliphatic rings. The average Bonchev–Trinajstić information content (AvgIpc) is 2.62. The van der Waals surface area contributed by atoms with Crippen molar-refractivity contribution in [3.05, 3.63) is 0 Å². The molecule has 1 aliphatic heterocycles. The quantitative estimate of drug-likeness (QED) is 0.401. The van der Waals surface area contributed by atoms with Gasteiger partial charge in [0.05, 0.1) is 13.7 Å². The molecule has 2 atom stereocenters. The molecule has 1 rings (SSSR count). The summed E-state index contributed by atoms with van der Waals surface area (Å²) in [5, 5.41) is 0. The van der Waals surface area contributed by atoms with Crippen molar-refractivity contribution < 1.29 is 0 Å². The van der Waals surface area contributed by atoms with Gasteiger partial charge in [0.25, 0.3) is 0 Å². The van der Waals surface area contributed by atoms with Crippen LogP contribution in [-0.2, 0) is 0 Å². The Labute approximate surface area is 137 Å². The van der Waals surface area contributed by atoms with Crippen molar-refractivity contribution in [3.63, 3.8) is 0 Å². The Morgan fingerprint density at radius 2 is 0.947 bits per heavy atom. The van der Waals surface area contributed by atoms with Crippen molar-refractivity contribution >= 4 is 45.1 Å². The van der Waals surface area contributed by atoms with Gasteiger partial charge in [-0.05, 0) is 19.3 Å². The van der Waals surface area contributed by atoms with E-state index in [4.69, 9.17) is 0 Å². The highest BCUT2D eigenvalue weighted by Gasteiger charge is 2.27. The molecule has 1 saturated heterocycles. The zero-order valence-corrected chi connectivity index (χ0v) is 16.0. The molecule has 0 spiro atoms. The van der Waals surface area contributed by atoms with Crippen LogP contribution in [0.3, 0.4) is 0 Å². The summed E-state index contributed by atoms with van der Waals surface area (Å²) in [7, 11) is 4.36. The smallest absolute Gasteiger partial charge is 0.0617 e. The monoisotopic (exact) mass is 338 g/mol. The van der Waals surface area contributed by atoms with E-state index in [1.54, 1.807) is 0 Å². The van der Waals surface area contributed by atoms with E-state index in [1.165, 1.54) is 57.8 Å². The van der Waals surface area contributed by atoms with Crippen LogP contribution in [0.4, 0.5) is 0 Å². The third-order valence-electron chi connectivity index (χ3n) is 3.26. The lowest BCUT2D eigenvalue weighted by Gasteiger charge is -2.19. The van der Waals surface area contributed by atoms with Gasteiger partial charge in [-0.1, -0.05) is 80.9 Å². The van der Waals surface area contributed by atoms with E-state index in [-0.39, 0.29) is 0 Å². The maximum absolute atomic E-state index is 2.32. The topological polar surface area (TPSA) is 0 Å². The van der Waals surface area contributed by atoms with Crippen molar-refractivity contribution in [2.75, 3.05) is 0 Å². The van der Waals surface area contributed by atoms with Crippen LogP contribution < -0.4 is 0 Å². The minimum Gasteiger partial charge on any atom is -0.132 e. The molecule has 1 heterocycles. The predicted molar refractivity (Wildman–Crippen MR) is 100 cm³/mol. The van der Waals surface area contributed by atoms with Crippen LogP contribution >= 0.6 is 45.1 Å². The molecule has 0 saturated carbocycles. The molecule has 0 aliphatic carbocycles. The highest BCUT2D eigenvalue weighted by atomic mass is 33.1. The summed E-state index contributed by atoms with van der Waals surface area (Å²) in [6, 6.07) is 0. The lowest BCUT2D eigenvalue weighted by atomic mass is 10.3. The highest BCUT2D eigenvalue weighted by Crippen LogP contribution is 2.53. The summed E-state index contributed by atoms with van der Waals surface area (Å²) in [6.45, 7) is 6.94. The van der Waals surface area contributed by atoms with Gasteiger partial charge in [0.2, 0.25) is 0 Å². The van der Waals surface area contributed by atoms with Crippen molar-refractivity contribution in [1.82, 2.24) is 0 Å². The number of hydrogen-bond donors (Lipinski definition) is 0. The molecule has 0 aromatic rings. The Hall–Kier alpha value is 1.40. The van der Waals surface area contributed by atoms with E-state index in [0.717, 1.165) is 13.7 Å². The van der Waals surface area contributed by atoms with Gasteiger partial charge < -0.3 is 0 Å². The predicted octanol–water partition coefficient (Wildman–Crippen LogP) is 7.40. The summed E-state index contributed by atoms with van der Waals surface area (Å²) in [5.41, 5.74) is 0. The molecule has 2 unspecified atom stereocenters. The Bertz CT molecular complexity index is 192. The molecule has 0 amide bonds. The zero-order chi connectivity index (χ0) is 13.9. The van der Waals surface area contributed by atoms with Gasteiger partial charge in [-0.25, -0.2) is 0 Å². The third-order valence-corrected chi connectivity index (χ3v) is 10.8. The van der Waals surface area contributed by atoms with Gasteiger partial charge >= 0.3 is 0 Å². The van der Waals surface area contributed by atoms with Gasteiger partial charge in [-0.3, -0.25) is 0 Å². The van der Waals surface area contributed by atoms with E-state index in [2.05, 4.69) is 65.9 Å². The Balaban J connectivity index is 2.44. The van der Waals surface area contributed by atoms with Crippen LogP contribution in [0.25, 0.3) is 0 Å². The summed E-state index contributed by atoms with van der Waals surface area (Å²) >= 11 is 4.55. The molecular weight excluding hydrogens is 308 g/mol. The maximum Gasteiger partial charge on any atom is 0.0617 e. The standard InChI is InChI=1S/C15H30S4/c1-4-7-10-13-16-14(11-8-5-2)18-19-15(17-13)12-9-6-3/h13-15H,4-12H2,1-3H3. The van der Waals surface area contributed by atoms with Crippen LogP contribution in [-0.4, -0.2) is 13.7 Å². The average molecular weight is 339 g/mol. The molecule has 0 N–H and O–H groups in total. The van der Waals surface area contributed by atoms with Crippen molar-refractivity contribution in [3.8, 4) is 0 Å². The van der Waals surface area contributed by atoms with Gasteiger partial charge in [0.1, 0.15) is 0 Å². The van der Waals surface area contributed by atoms with E-state index in [0.29, 0.717) is 0 Å². The van der Waals surface area contributed by atoms with Crippen LogP contribution in [0.1, 0.15) is 78.6 Å². The zero-order valence-electron chi connectivity index (χ0n) is 12.7. The number of rotatable bonds is 9. The Morgan fingerprint density at radius 1 is 0.579 bits per heavy atom. The molecule has 0 radical (unpaired) electrons. The third kappa shape index (κ3) is 8.43. The molecule has 4 heteroatoms. The van der Waals surface area contributed by atoms with Crippen molar-refractivity contribution in [2.45, 2.75) is 92.3 Å². The maximum atomic E-state index is 2.32. The number of thioether (sulfide) groups is 2. The normalized spacial score (nSPS) is 28.3. The van der Waals surface area contributed by atoms with Crippen LogP contribution in [0, 0.1) is 0 Å². The fourth-order valence-electron chi connectivity index (χ4n) is 2.02. The molecule has 0 aromatic carbocycles. The molecule has 19 heavy (non-hydrogen) atoms. The first-order chi connectivity index (χ1) is 9.30. The van der Waals surface area contributed by atoms with E-state index in [1.807, 2.05) is 0 Å². The summed E-state index contributed by atoms with van der Waals surface area (Å²) in [5.74, 6) is 0. The van der Waals surface area contributed by atoms with Crippen LogP contribution in [0.2, 0.25) is 0 Å². The molecular formula is C15H30S4. The number of unbranched alkanes of at least 4 members (excludes halogenated alkanes) is 3. The first-order valence-electron chi connectivity index (χ1n) is 7.93. The van der Waals surface area contributed by atoms with E-state index < -0.39 is 0 Å². The van der Waals surface area contributed by atoms with E-state index in [9.17, 15) is 0 Å². The van der Waals surface area contributed by atoms with Crippen LogP contribution in [0.15, 0.2) is 0 Å².